The normalized spacial score (nSPS) is 19.1. The van der Waals surface area contributed by atoms with E-state index in [-0.39, 0.29) is 21.7 Å². The molecule has 6 nitrogen and oxygen atoms in total. The van der Waals surface area contributed by atoms with E-state index in [1.807, 2.05) is 24.3 Å². The number of hydrogen-bond acceptors (Lipinski definition) is 6. The molecule has 1 aliphatic heterocycles. The second-order valence-corrected chi connectivity index (χ2v) is 18.9. The molecule has 2 aromatic carbocycles. The van der Waals surface area contributed by atoms with Crippen molar-refractivity contribution in [2.24, 2.45) is 10.8 Å². The van der Waals surface area contributed by atoms with Crippen LogP contribution in [-0.4, -0.2) is 82.2 Å². The largest absolute Gasteiger partial charge is 0.507 e. The van der Waals surface area contributed by atoms with Gasteiger partial charge in [0, 0.05) is 101 Å². The number of fused-ring (bicyclic) bond motifs is 4. The van der Waals surface area contributed by atoms with Gasteiger partial charge in [-0.05, 0) is 32.8 Å². The number of rotatable bonds is 8. The maximum atomic E-state index is 12.0. The molecule has 0 aliphatic carbocycles. The van der Waals surface area contributed by atoms with E-state index in [2.05, 4.69) is 139 Å². The fourth-order valence-electron chi connectivity index (χ4n) is 7.82. The molecule has 0 atom stereocenters. The summed E-state index contributed by atoms with van der Waals surface area (Å²) in [4.78, 5) is 9.60. The summed E-state index contributed by atoms with van der Waals surface area (Å²) in [6, 6.07) is 8.82. The van der Waals surface area contributed by atoms with Gasteiger partial charge < -0.3 is 10.2 Å². The molecule has 0 unspecified atom stereocenters. The molecule has 288 valence electrons. The first-order chi connectivity index (χ1) is 24.1. The Morgan fingerprint density at radius 1 is 0.500 bits per heavy atom. The summed E-state index contributed by atoms with van der Waals surface area (Å²) in [6.07, 6.45) is 7.84. The third kappa shape index (κ3) is 12.5. The van der Waals surface area contributed by atoms with Gasteiger partial charge in [0.2, 0.25) is 0 Å². The molecular weight excluding hydrogens is 641 g/mol. The fraction of sp³-hybridized carbons (Fsp3) is 0.565. The molecular formula is C46H72N4O2. The highest BCUT2D eigenvalue weighted by molar-refractivity contribution is 5.47. The van der Waals surface area contributed by atoms with Crippen LogP contribution in [0.2, 0.25) is 0 Å². The van der Waals surface area contributed by atoms with Crippen molar-refractivity contribution >= 4 is 0 Å². The Morgan fingerprint density at radius 2 is 0.712 bits per heavy atom. The van der Waals surface area contributed by atoms with Gasteiger partial charge in [0.05, 0.1) is 0 Å². The average Bonchev–Trinajstić information content (AvgIpc) is 2.99. The van der Waals surface area contributed by atoms with E-state index < -0.39 is 0 Å². The number of hydrogen-bond donors (Lipinski definition) is 2. The Bertz CT molecular complexity index is 1330. The minimum atomic E-state index is -0.125. The van der Waals surface area contributed by atoms with Crippen molar-refractivity contribution in [1.29, 1.82) is 0 Å². The van der Waals surface area contributed by atoms with Gasteiger partial charge in [0.1, 0.15) is 11.5 Å². The summed E-state index contributed by atoms with van der Waals surface area (Å²) in [7, 11) is 0. The van der Waals surface area contributed by atoms with Gasteiger partial charge in [-0.15, -0.1) is 26.3 Å². The zero-order valence-electron chi connectivity index (χ0n) is 34.6. The van der Waals surface area contributed by atoms with E-state index in [4.69, 9.17) is 0 Å². The average molecular weight is 713 g/mol. The topological polar surface area (TPSA) is 53.4 Å². The highest BCUT2D eigenvalue weighted by Gasteiger charge is 2.30. The summed E-state index contributed by atoms with van der Waals surface area (Å²) in [6.45, 7) is 47.6. The van der Waals surface area contributed by atoms with Crippen LogP contribution < -0.4 is 0 Å². The minimum absolute atomic E-state index is 0.0826. The van der Waals surface area contributed by atoms with E-state index in [1.54, 1.807) is 0 Å². The predicted molar refractivity (Wildman–Crippen MR) is 223 cm³/mol. The smallest absolute Gasteiger partial charge is 0.124 e. The fourth-order valence-corrected chi connectivity index (χ4v) is 7.82. The van der Waals surface area contributed by atoms with Gasteiger partial charge >= 0.3 is 0 Å². The lowest BCUT2D eigenvalue weighted by molar-refractivity contribution is 0.121. The van der Waals surface area contributed by atoms with Crippen LogP contribution in [0.4, 0.5) is 0 Å². The van der Waals surface area contributed by atoms with E-state index in [9.17, 15) is 10.2 Å². The van der Waals surface area contributed by atoms with Gasteiger partial charge in [0.15, 0.2) is 0 Å². The molecule has 0 radical (unpaired) electrons. The van der Waals surface area contributed by atoms with Crippen LogP contribution in [-0.2, 0) is 37.0 Å². The van der Waals surface area contributed by atoms with Crippen LogP contribution in [0.1, 0.15) is 103 Å². The lowest BCUT2D eigenvalue weighted by atomic mass is 9.84. The Morgan fingerprint density at radius 3 is 0.885 bits per heavy atom. The third-order valence-corrected chi connectivity index (χ3v) is 10.00. The number of benzene rings is 2. The van der Waals surface area contributed by atoms with Crippen molar-refractivity contribution in [3.05, 3.63) is 108 Å². The van der Waals surface area contributed by atoms with Gasteiger partial charge in [-0.1, -0.05) is 118 Å². The van der Waals surface area contributed by atoms with Crippen LogP contribution in [0, 0.1) is 10.8 Å². The first-order valence-electron chi connectivity index (χ1n) is 19.1. The quantitative estimate of drug-likeness (QED) is 0.266. The number of phenols is 2. The van der Waals surface area contributed by atoms with E-state index in [0.29, 0.717) is 63.9 Å². The van der Waals surface area contributed by atoms with Crippen LogP contribution in [0.15, 0.2) is 74.9 Å². The van der Waals surface area contributed by atoms with Crippen molar-refractivity contribution in [2.45, 2.75) is 106 Å². The maximum absolute atomic E-state index is 12.0. The first-order valence-corrected chi connectivity index (χ1v) is 19.1. The minimum Gasteiger partial charge on any atom is -0.507 e. The van der Waals surface area contributed by atoms with E-state index >= 15 is 0 Å². The molecule has 3 rings (SSSR count). The molecule has 0 saturated carbocycles. The van der Waals surface area contributed by atoms with Crippen LogP contribution in [0.25, 0.3) is 0 Å². The lowest BCUT2D eigenvalue weighted by Gasteiger charge is -2.38. The molecule has 0 spiro atoms. The van der Waals surface area contributed by atoms with Crippen molar-refractivity contribution < 1.29 is 10.2 Å². The molecule has 0 aromatic heterocycles. The molecule has 52 heavy (non-hydrogen) atoms. The number of phenolic OH excluding ortho intramolecular Hbond substituents is 2. The van der Waals surface area contributed by atoms with Crippen LogP contribution >= 0.6 is 0 Å². The monoisotopic (exact) mass is 713 g/mol. The molecule has 1 aliphatic rings. The highest BCUT2D eigenvalue weighted by Crippen LogP contribution is 2.36. The Labute approximate surface area is 318 Å². The van der Waals surface area contributed by atoms with Crippen molar-refractivity contribution in [3.8, 4) is 11.5 Å². The Hall–Kier alpha value is -3.16. The Kier molecular flexibility index (Phi) is 14.8. The summed E-state index contributed by atoms with van der Waals surface area (Å²) >= 11 is 0. The zero-order chi connectivity index (χ0) is 39.1. The second kappa shape index (κ2) is 17.8. The Balaban J connectivity index is 2.25. The van der Waals surface area contributed by atoms with E-state index in [1.165, 1.54) is 11.1 Å². The summed E-state index contributed by atoms with van der Waals surface area (Å²) < 4.78 is 0. The molecule has 0 fully saturated rings. The molecule has 4 bridgehead atoms. The molecule has 2 aromatic rings. The molecule has 2 N–H and O–H groups in total. The predicted octanol–water partition coefficient (Wildman–Crippen LogP) is 9.41. The van der Waals surface area contributed by atoms with Crippen molar-refractivity contribution in [3.63, 3.8) is 0 Å². The van der Waals surface area contributed by atoms with Gasteiger partial charge in [0.25, 0.3) is 0 Å². The van der Waals surface area contributed by atoms with Gasteiger partial charge in [-0.3, -0.25) is 19.6 Å². The number of aromatic hydroxyl groups is 2. The van der Waals surface area contributed by atoms with Gasteiger partial charge in [-0.2, -0.15) is 0 Å². The van der Waals surface area contributed by atoms with E-state index in [0.717, 1.165) is 48.4 Å². The zero-order valence-corrected chi connectivity index (χ0v) is 34.6. The lowest BCUT2D eigenvalue weighted by Crippen LogP contribution is -2.43. The summed E-state index contributed by atoms with van der Waals surface area (Å²) in [5.74, 6) is 0.762. The third-order valence-electron chi connectivity index (χ3n) is 10.00. The number of nitrogens with zero attached hydrogens (tertiary/aromatic N) is 4. The summed E-state index contributed by atoms with van der Waals surface area (Å²) in [5.41, 5.74) is 5.82. The van der Waals surface area contributed by atoms with Crippen molar-refractivity contribution in [2.75, 3.05) is 52.4 Å². The molecule has 1 heterocycles. The van der Waals surface area contributed by atoms with Crippen LogP contribution in [0.3, 0.4) is 0 Å². The molecule has 0 amide bonds. The molecule has 0 saturated heterocycles. The maximum Gasteiger partial charge on any atom is 0.124 e. The second-order valence-electron chi connectivity index (χ2n) is 18.9. The van der Waals surface area contributed by atoms with Crippen molar-refractivity contribution in [1.82, 2.24) is 19.6 Å². The first kappa shape index (κ1) is 43.2. The standard InChI is InChI=1S/C46H72N4O2/c1-15-19-47-27-35-23-39(43(5,6)7)24-36(41(35)51)28-49(21-17-3)33-46(13,14)34-50(22-18-4)30-38-26-40(44(8,9)10)25-37(42(38)52)29-48(20-16-2)32-45(11,12)31-47/h15-18,23-26,51-52H,1-4,19-22,27-34H2,5-14H3. The van der Waals surface area contributed by atoms with Crippen LogP contribution in [0.5, 0.6) is 11.5 Å². The SMILES string of the molecule is C=CCN1Cc2cc(C(C)(C)C)cc(c2O)CN(CC=C)CC(C)(C)CN(CC=C)Cc2cc(C(C)(C)C)cc(c2O)CN(CC=C)CC(C)(C)C1. The summed E-state index contributed by atoms with van der Waals surface area (Å²) in [5, 5.41) is 23.9. The van der Waals surface area contributed by atoms with Gasteiger partial charge in [-0.25, -0.2) is 0 Å². The highest BCUT2D eigenvalue weighted by atomic mass is 16.3. The molecule has 6 heteroatoms.